The third-order valence-electron chi connectivity index (χ3n) is 2.70. The van der Waals surface area contributed by atoms with Crippen molar-refractivity contribution in [3.05, 3.63) is 40.5 Å². The lowest BCUT2D eigenvalue weighted by Gasteiger charge is -2.09. The molecule has 1 aromatic rings. The van der Waals surface area contributed by atoms with Crippen molar-refractivity contribution >= 4 is 5.57 Å². The fraction of sp³-hybridized carbons (Fsp3) is 0.385. The Balaban J connectivity index is 3.32. The Morgan fingerprint density at radius 2 is 1.54 bits per heavy atom. The second-order valence-corrected chi connectivity index (χ2v) is 3.72. The molecular formula is C13H18. The van der Waals surface area contributed by atoms with Crippen LogP contribution in [0.5, 0.6) is 0 Å². The van der Waals surface area contributed by atoms with Gasteiger partial charge < -0.3 is 0 Å². The Morgan fingerprint density at radius 3 is 2.08 bits per heavy atom. The third kappa shape index (κ3) is 2.00. The smallest absolute Gasteiger partial charge is 0.0198 e. The first-order valence-electron chi connectivity index (χ1n) is 4.77. The fourth-order valence-corrected chi connectivity index (χ4v) is 1.54. The summed E-state index contributed by atoms with van der Waals surface area (Å²) in [5.74, 6) is 0. The summed E-state index contributed by atoms with van der Waals surface area (Å²) in [5.41, 5.74) is 6.87. The molecule has 0 fully saturated rings. The standard InChI is InChI=1S/C13H18/c1-6-9(2)13-8-11(4)10(3)7-12(13)5/h6-8H,1-5H3. The van der Waals surface area contributed by atoms with Crippen molar-refractivity contribution < 1.29 is 0 Å². The Bertz CT molecular complexity index is 343. The van der Waals surface area contributed by atoms with Gasteiger partial charge in [-0.3, -0.25) is 0 Å². The number of allylic oxidation sites excluding steroid dienone is 2. The highest BCUT2D eigenvalue weighted by Gasteiger charge is 2.02. The minimum absolute atomic E-state index is 1.36. The minimum atomic E-state index is 1.36. The van der Waals surface area contributed by atoms with Gasteiger partial charge in [0.05, 0.1) is 0 Å². The van der Waals surface area contributed by atoms with Crippen molar-refractivity contribution in [1.29, 1.82) is 0 Å². The first-order valence-corrected chi connectivity index (χ1v) is 4.77. The van der Waals surface area contributed by atoms with Crippen molar-refractivity contribution in [1.82, 2.24) is 0 Å². The average molecular weight is 174 g/mol. The largest absolute Gasteiger partial charge is 0.0841 e. The fourth-order valence-electron chi connectivity index (χ4n) is 1.54. The summed E-state index contributed by atoms with van der Waals surface area (Å²) >= 11 is 0. The van der Waals surface area contributed by atoms with Gasteiger partial charge in [-0.1, -0.05) is 18.2 Å². The van der Waals surface area contributed by atoms with Crippen molar-refractivity contribution in [2.75, 3.05) is 0 Å². The summed E-state index contributed by atoms with van der Waals surface area (Å²) in [4.78, 5) is 0. The molecule has 70 valence electrons. The predicted molar refractivity (Wildman–Crippen MR) is 60.0 cm³/mol. The Hall–Kier alpha value is -1.04. The highest BCUT2D eigenvalue weighted by molar-refractivity contribution is 5.67. The van der Waals surface area contributed by atoms with E-state index in [0.717, 1.165) is 0 Å². The van der Waals surface area contributed by atoms with Crippen LogP contribution in [-0.2, 0) is 0 Å². The molecule has 0 bridgehead atoms. The maximum atomic E-state index is 2.28. The molecular weight excluding hydrogens is 156 g/mol. The SMILES string of the molecule is CC=C(C)c1cc(C)c(C)cc1C. The van der Waals surface area contributed by atoms with E-state index in [9.17, 15) is 0 Å². The van der Waals surface area contributed by atoms with E-state index in [0.29, 0.717) is 0 Å². The van der Waals surface area contributed by atoms with E-state index in [1.165, 1.54) is 27.8 Å². The molecule has 0 aliphatic heterocycles. The van der Waals surface area contributed by atoms with Crippen LogP contribution in [0.4, 0.5) is 0 Å². The molecule has 0 saturated carbocycles. The molecule has 0 N–H and O–H groups in total. The van der Waals surface area contributed by atoms with Gasteiger partial charge in [0.2, 0.25) is 0 Å². The third-order valence-corrected chi connectivity index (χ3v) is 2.70. The van der Waals surface area contributed by atoms with Gasteiger partial charge in [0, 0.05) is 0 Å². The molecule has 0 saturated heterocycles. The number of hydrogen-bond acceptors (Lipinski definition) is 0. The average Bonchev–Trinajstić information content (AvgIpc) is 2.10. The van der Waals surface area contributed by atoms with Crippen LogP contribution in [0.25, 0.3) is 5.57 Å². The lowest BCUT2D eigenvalue weighted by atomic mass is 9.96. The van der Waals surface area contributed by atoms with Crippen LogP contribution < -0.4 is 0 Å². The molecule has 0 unspecified atom stereocenters. The van der Waals surface area contributed by atoms with Crippen LogP contribution in [0, 0.1) is 20.8 Å². The number of benzene rings is 1. The number of hydrogen-bond donors (Lipinski definition) is 0. The molecule has 0 nitrogen and oxygen atoms in total. The van der Waals surface area contributed by atoms with Crippen LogP contribution in [0.2, 0.25) is 0 Å². The van der Waals surface area contributed by atoms with E-state index < -0.39 is 0 Å². The monoisotopic (exact) mass is 174 g/mol. The van der Waals surface area contributed by atoms with Gasteiger partial charge in [-0.25, -0.2) is 0 Å². The van der Waals surface area contributed by atoms with Gasteiger partial charge in [-0.05, 0) is 62.4 Å². The van der Waals surface area contributed by atoms with Gasteiger partial charge in [0.25, 0.3) is 0 Å². The molecule has 0 amide bonds. The Labute approximate surface area is 81.3 Å². The first kappa shape index (κ1) is 10.0. The zero-order chi connectivity index (χ0) is 10.0. The van der Waals surface area contributed by atoms with E-state index in [4.69, 9.17) is 0 Å². The van der Waals surface area contributed by atoms with Crippen LogP contribution >= 0.6 is 0 Å². The molecule has 0 spiro atoms. The van der Waals surface area contributed by atoms with E-state index >= 15 is 0 Å². The van der Waals surface area contributed by atoms with Gasteiger partial charge in [-0.15, -0.1) is 0 Å². The van der Waals surface area contributed by atoms with Crippen molar-refractivity contribution in [2.24, 2.45) is 0 Å². The highest BCUT2D eigenvalue weighted by Crippen LogP contribution is 2.21. The molecule has 0 radical (unpaired) electrons. The molecule has 13 heavy (non-hydrogen) atoms. The zero-order valence-corrected chi connectivity index (χ0v) is 9.23. The second-order valence-electron chi connectivity index (χ2n) is 3.72. The lowest BCUT2D eigenvalue weighted by Crippen LogP contribution is -1.90. The minimum Gasteiger partial charge on any atom is -0.0841 e. The van der Waals surface area contributed by atoms with Crippen LogP contribution in [-0.4, -0.2) is 0 Å². The molecule has 0 heteroatoms. The number of rotatable bonds is 1. The van der Waals surface area contributed by atoms with Crippen molar-refractivity contribution in [3.8, 4) is 0 Å². The topological polar surface area (TPSA) is 0 Å². The molecule has 1 rings (SSSR count). The van der Waals surface area contributed by atoms with Crippen molar-refractivity contribution in [3.63, 3.8) is 0 Å². The highest BCUT2D eigenvalue weighted by atomic mass is 14.1. The zero-order valence-electron chi connectivity index (χ0n) is 9.23. The summed E-state index contributed by atoms with van der Waals surface area (Å²) in [6, 6.07) is 4.54. The summed E-state index contributed by atoms with van der Waals surface area (Å²) in [7, 11) is 0. The van der Waals surface area contributed by atoms with Gasteiger partial charge in [-0.2, -0.15) is 0 Å². The second kappa shape index (κ2) is 3.78. The molecule has 0 aliphatic carbocycles. The maximum absolute atomic E-state index is 2.28. The quantitative estimate of drug-likeness (QED) is 0.603. The van der Waals surface area contributed by atoms with Crippen LogP contribution in [0.3, 0.4) is 0 Å². The molecule has 0 heterocycles. The Morgan fingerprint density at radius 1 is 1.00 bits per heavy atom. The van der Waals surface area contributed by atoms with E-state index in [-0.39, 0.29) is 0 Å². The van der Waals surface area contributed by atoms with Crippen molar-refractivity contribution in [2.45, 2.75) is 34.6 Å². The summed E-state index contributed by atoms with van der Waals surface area (Å²) < 4.78 is 0. The van der Waals surface area contributed by atoms with E-state index in [1.54, 1.807) is 0 Å². The molecule has 0 atom stereocenters. The van der Waals surface area contributed by atoms with Crippen LogP contribution in [0.1, 0.15) is 36.1 Å². The molecule has 0 aliphatic rings. The number of aryl methyl sites for hydroxylation is 3. The van der Waals surface area contributed by atoms with E-state index in [2.05, 4.69) is 52.8 Å². The van der Waals surface area contributed by atoms with Gasteiger partial charge in [0.15, 0.2) is 0 Å². The van der Waals surface area contributed by atoms with E-state index in [1.807, 2.05) is 0 Å². The Kier molecular flexibility index (Phi) is 2.92. The summed E-state index contributed by atoms with van der Waals surface area (Å²) in [6.07, 6.45) is 2.16. The predicted octanol–water partition coefficient (Wildman–Crippen LogP) is 4.04. The summed E-state index contributed by atoms with van der Waals surface area (Å²) in [6.45, 7) is 10.8. The maximum Gasteiger partial charge on any atom is -0.0198 e. The normalized spacial score (nSPS) is 11.9. The molecule has 1 aromatic carbocycles. The lowest BCUT2D eigenvalue weighted by molar-refractivity contribution is 1.27. The first-order chi connectivity index (χ1) is 6.06. The van der Waals surface area contributed by atoms with Gasteiger partial charge in [0.1, 0.15) is 0 Å². The summed E-state index contributed by atoms with van der Waals surface area (Å²) in [5, 5.41) is 0. The molecule has 0 aromatic heterocycles. The van der Waals surface area contributed by atoms with Gasteiger partial charge >= 0.3 is 0 Å². The van der Waals surface area contributed by atoms with Crippen LogP contribution in [0.15, 0.2) is 18.2 Å².